The van der Waals surface area contributed by atoms with Crippen LogP contribution in [0.3, 0.4) is 0 Å². The molecule has 1 aliphatic heterocycles. The second kappa shape index (κ2) is 9.34. The lowest BCUT2D eigenvalue weighted by Crippen LogP contribution is -2.42. The number of hydrogen-bond donors (Lipinski definition) is 1. The van der Waals surface area contributed by atoms with E-state index in [1.54, 1.807) is 6.92 Å². The molecule has 0 radical (unpaired) electrons. The van der Waals surface area contributed by atoms with Crippen LogP contribution < -0.4 is 5.32 Å². The fourth-order valence-electron chi connectivity index (χ4n) is 3.66. The number of nitrogens with zero attached hydrogens (tertiary/aromatic N) is 1. The highest BCUT2D eigenvalue weighted by molar-refractivity contribution is 7.20. The van der Waals surface area contributed by atoms with Crippen LogP contribution in [0.25, 0.3) is 10.4 Å². The van der Waals surface area contributed by atoms with Crippen molar-refractivity contribution in [3.63, 3.8) is 0 Å². The molecule has 3 rings (SSSR count). The van der Waals surface area contributed by atoms with Gasteiger partial charge in [0.2, 0.25) is 5.91 Å². The zero-order valence-corrected chi connectivity index (χ0v) is 17.6. The minimum absolute atomic E-state index is 0.0832. The molecular weight excluding hydrogens is 372 g/mol. The summed E-state index contributed by atoms with van der Waals surface area (Å²) < 4.78 is 5.25. The summed E-state index contributed by atoms with van der Waals surface area (Å²) in [5.74, 6) is -0.472. The van der Waals surface area contributed by atoms with Crippen LogP contribution in [0.1, 0.15) is 49.0 Å². The molecule has 1 aliphatic rings. The van der Waals surface area contributed by atoms with Gasteiger partial charge in [0.25, 0.3) is 0 Å². The summed E-state index contributed by atoms with van der Waals surface area (Å²) in [5.41, 5.74) is 2.34. The molecule has 0 aliphatic carbocycles. The molecule has 0 saturated carbocycles. The summed E-state index contributed by atoms with van der Waals surface area (Å²) in [6.45, 7) is 7.45. The molecule has 1 N–H and O–H groups in total. The zero-order valence-electron chi connectivity index (χ0n) is 16.8. The first-order valence-electron chi connectivity index (χ1n) is 9.91. The number of hydrogen-bond acceptors (Lipinski definition) is 5. The molecule has 1 aromatic carbocycles. The Bertz CT molecular complexity index is 832. The largest absolute Gasteiger partial charge is 0.462 e. The summed E-state index contributed by atoms with van der Waals surface area (Å²) in [5, 5.41) is 3.56. The lowest BCUT2D eigenvalue weighted by Gasteiger charge is -2.32. The molecule has 6 heteroatoms. The number of rotatable bonds is 6. The van der Waals surface area contributed by atoms with E-state index in [1.165, 1.54) is 17.8 Å². The minimum atomic E-state index is -0.389. The Labute approximate surface area is 170 Å². The van der Waals surface area contributed by atoms with Gasteiger partial charge in [-0.2, -0.15) is 0 Å². The Morgan fingerprint density at radius 2 is 2.00 bits per heavy atom. The topological polar surface area (TPSA) is 58.6 Å². The van der Waals surface area contributed by atoms with Crippen molar-refractivity contribution in [3.05, 3.63) is 41.5 Å². The SMILES string of the molecule is CCOC(=O)c1c(NC(=O)CN2CCCC[C@H]2C)sc(-c2ccccc2)c1C. The number of nitrogens with one attached hydrogen (secondary N) is 1. The molecular formula is C22H28N2O3S. The molecule has 150 valence electrons. The van der Waals surface area contributed by atoms with Crippen LogP contribution in [0, 0.1) is 6.92 Å². The highest BCUT2D eigenvalue weighted by Crippen LogP contribution is 2.40. The second-order valence-electron chi connectivity index (χ2n) is 7.21. The number of carbonyl (C=O) groups excluding carboxylic acids is 2. The quantitative estimate of drug-likeness (QED) is 0.713. The smallest absolute Gasteiger partial charge is 0.341 e. The molecule has 1 fully saturated rings. The van der Waals surface area contributed by atoms with Gasteiger partial charge in [-0.1, -0.05) is 36.8 Å². The van der Waals surface area contributed by atoms with E-state index in [0.717, 1.165) is 35.4 Å². The van der Waals surface area contributed by atoms with Crippen molar-refractivity contribution in [1.82, 2.24) is 4.90 Å². The van der Waals surface area contributed by atoms with Gasteiger partial charge < -0.3 is 10.1 Å². The molecule has 1 atom stereocenters. The van der Waals surface area contributed by atoms with Crippen molar-refractivity contribution in [1.29, 1.82) is 0 Å². The van der Waals surface area contributed by atoms with Crippen molar-refractivity contribution < 1.29 is 14.3 Å². The molecule has 28 heavy (non-hydrogen) atoms. The van der Waals surface area contributed by atoms with Crippen LogP contribution in [0.2, 0.25) is 0 Å². The van der Waals surface area contributed by atoms with Crippen LogP contribution in [0.4, 0.5) is 5.00 Å². The van der Waals surface area contributed by atoms with E-state index in [0.29, 0.717) is 29.8 Å². The molecule has 0 unspecified atom stereocenters. The maximum atomic E-state index is 12.7. The van der Waals surface area contributed by atoms with Gasteiger partial charge in [0.05, 0.1) is 18.7 Å². The number of esters is 1. The maximum Gasteiger partial charge on any atom is 0.341 e. The van der Waals surface area contributed by atoms with E-state index in [4.69, 9.17) is 4.74 Å². The second-order valence-corrected chi connectivity index (χ2v) is 8.23. The zero-order chi connectivity index (χ0) is 20.1. The monoisotopic (exact) mass is 400 g/mol. The average molecular weight is 401 g/mol. The number of piperidine rings is 1. The molecule has 2 heterocycles. The van der Waals surface area contributed by atoms with Crippen molar-refractivity contribution in [2.45, 2.75) is 46.1 Å². The standard InChI is InChI=1S/C22H28N2O3S/c1-4-27-22(26)19-16(3)20(17-11-6-5-7-12-17)28-21(19)23-18(25)14-24-13-9-8-10-15(24)2/h5-7,11-12,15H,4,8-10,13-14H2,1-3H3,(H,23,25)/t15-/m1/s1. The number of carbonyl (C=O) groups is 2. The third-order valence-corrected chi connectivity index (χ3v) is 6.46. The normalized spacial score (nSPS) is 17.3. The Morgan fingerprint density at radius 1 is 1.25 bits per heavy atom. The van der Waals surface area contributed by atoms with E-state index < -0.39 is 0 Å². The van der Waals surface area contributed by atoms with E-state index in [2.05, 4.69) is 17.1 Å². The predicted molar refractivity (Wildman–Crippen MR) is 114 cm³/mol. The minimum Gasteiger partial charge on any atom is -0.462 e. The van der Waals surface area contributed by atoms with Crippen molar-refractivity contribution in [3.8, 4) is 10.4 Å². The molecule has 0 spiro atoms. The molecule has 5 nitrogen and oxygen atoms in total. The number of amides is 1. The van der Waals surface area contributed by atoms with E-state index >= 15 is 0 Å². The maximum absolute atomic E-state index is 12.7. The number of benzene rings is 1. The van der Waals surface area contributed by atoms with Crippen molar-refractivity contribution in [2.24, 2.45) is 0 Å². The third kappa shape index (κ3) is 4.62. The highest BCUT2D eigenvalue weighted by atomic mass is 32.1. The molecule has 1 aromatic heterocycles. The number of ether oxygens (including phenoxy) is 1. The Balaban J connectivity index is 1.86. The average Bonchev–Trinajstić information content (AvgIpc) is 3.00. The Hall–Kier alpha value is -2.18. The van der Waals surface area contributed by atoms with Gasteiger partial charge in [0.1, 0.15) is 5.00 Å². The van der Waals surface area contributed by atoms with Crippen LogP contribution in [0.5, 0.6) is 0 Å². The van der Waals surface area contributed by atoms with Gasteiger partial charge in [-0.05, 0) is 51.3 Å². The van der Waals surface area contributed by atoms with E-state index in [1.807, 2.05) is 37.3 Å². The molecule has 1 amide bonds. The Morgan fingerprint density at radius 3 is 2.68 bits per heavy atom. The number of likely N-dealkylation sites (tertiary alicyclic amines) is 1. The van der Waals surface area contributed by atoms with Crippen LogP contribution in [-0.4, -0.2) is 42.5 Å². The first kappa shape index (κ1) is 20.6. The van der Waals surface area contributed by atoms with Gasteiger partial charge in [0.15, 0.2) is 0 Å². The molecule has 0 bridgehead atoms. The molecule has 2 aromatic rings. The molecule has 1 saturated heterocycles. The summed E-state index contributed by atoms with van der Waals surface area (Å²) in [4.78, 5) is 28.5. The highest BCUT2D eigenvalue weighted by Gasteiger charge is 2.26. The van der Waals surface area contributed by atoms with Gasteiger partial charge in [-0.15, -0.1) is 11.3 Å². The van der Waals surface area contributed by atoms with Gasteiger partial charge in [-0.25, -0.2) is 4.79 Å². The lowest BCUT2D eigenvalue weighted by molar-refractivity contribution is -0.118. The predicted octanol–water partition coefficient (Wildman–Crippen LogP) is 4.71. The first-order chi connectivity index (χ1) is 13.5. The summed E-state index contributed by atoms with van der Waals surface area (Å²) in [6, 6.07) is 10.3. The van der Waals surface area contributed by atoms with E-state index in [9.17, 15) is 9.59 Å². The van der Waals surface area contributed by atoms with Crippen LogP contribution >= 0.6 is 11.3 Å². The van der Waals surface area contributed by atoms with Gasteiger partial charge >= 0.3 is 5.97 Å². The Kier molecular flexibility index (Phi) is 6.86. The lowest BCUT2D eigenvalue weighted by atomic mass is 10.0. The fraction of sp³-hybridized carbons (Fsp3) is 0.455. The third-order valence-electron chi connectivity index (χ3n) is 5.20. The van der Waals surface area contributed by atoms with Crippen molar-refractivity contribution in [2.75, 3.05) is 25.0 Å². The number of anilines is 1. The van der Waals surface area contributed by atoms with Crippen molar-refractivity contribution >= 4 is 28.2 Å². The van der Waals surface area contributed by atoms with Crippen LogP contribution in [0.15, 0.2) is 30.3 Å². The van der Waals surface area contributed by atoms with E-state index in [-0.39, 0.29) is 11.9 Å². The summed E-state index contributed by atoms with van der Waals surface area (Å²) in [6.07, 6.45) is 3.47. The summed E-state index contributed by atoms with van der Waals surface area (Å²) in [7, 11) is 0. The summed E-state index contributed by atoms with van der Waals surface area (Å²) >= 11 is 1.43. The number of thiophene rings is 1. The fourth-order valence-corrected chi connectivity index (χ4v) is 4.88. The van der Waals surface area contributed by atoms with Crippen LogP contribution in [-0.2, 0) is 9.53 Å². The van der Waals surface area contributed by atoms with Gasteiger partial charge in [0, 0.05) is 10.9 Å². The van der Waals surface area contributed by atoms with Gasteiger partial charge in [-0.3, -0.25) is 9.69 Å². The first-order valence-corrected chi connectivity index (χ1v) is 10.7.